The standard InChI is InChI=1S/C9H12BrNOS/c1-7(12)3-2-6-11-9-5-4-8(10)13-9/h4-5,11H,2-3,6H2,1H3. The molecule has 0 unspecified atom stereocenters. The zero-order valence-electron chi connectivity index (χ0n) is 7.47. The molecule has 0 amide bonds. The highest BCUT2D eigenvalue weighted by Crippen LogP contribution is 2.26. The molecule has 1 rings (SSSR count). The summed E-state index contributed by atoms with van der Waals surface area (Å²) in [5.41, 5.74) is 0. The third kappa shape index (κ3) is 4.43. The van der Waals surface area contributed by atoms with Crippen molar-refractivity contribution in [2.24, 2.45) is 0 Å². The van der Waals surface area contributed by atoms with Gasteiger partial charge in [0.25, 0.3) is 0 Å². The third-order valence-corrected chi connectivity index (χ3v) is 3.16. The lowest BCUT2D eigenvalue weighted by atomic mass is 10.2. The largest absolute Gasteiger partial charge is 0.377 e. The lowest BCUT2D eigenvalue weighted by molar-refractivity contribution is -0.117. The van der Waals surface area contributed by atoms with Crippen LogP contribution in [-0.2, 0) is 4.79 Å². The average molecular weight is 262 g/mol. The summed E-state index contributed by atoms with van der Waals surface area (Å²) in [6.45, 7) is 2.49. The minimum absolute atomic E-state index is 0.258. The van der Waals surface area contributed by atoms with Gasteiger partial charge in [-0.05, 0) is 41.4 Å². The second-order valence-corrected chi connectivity index (χ2v) is 5.30. The van der Waals surface area contributed by atoms with Crippen LogP contribution < -0.4 is 5.32 Å². The molecule has 1 N–H and O–H groups in total. The number of hydrogen-bond acceptors (Lipinski definition) is 3. The Labute approximate surface area is 90.5 Å². The summed E-state index contributed by atoms with van der Waals surface area (Å²) in [5, 5.41) is 4.41. The van der Waals surface area contributed by atoms with E-state index in [0.717, 1.165) is 21.8 Å². The van der Waals surface area contributed by atoms with Gasteiger partial charge in [0.1, 0.15) is 5.78 Å². The van der Waals surface area contributed by atoms with Crippen LogP contribution in [0.4, 0.5) is 5.00 Å². The van der Waals surface area contributed by atoms with Crippen molar-refractivity contribution >= 4 is 38.1 Å². The number of carbonyl (C=O) groups is 1. The van der Waals surface area contributed by atoms with Gasteiger partial charge in [-0.15, -0.1) is 11.3 Å². The first-order valence-corrected chi connectivity index (χ1v) is 5.78. The molecule has 4 heteroatoms. The number of anilines is 1. The minimum atomic E-state index is 0.258. The molecule has 13 heavy (non-hydrogen) atoms. The van der Waals surface area contributed by atoms with Gasteiger partial charge in [-0.1, -0.05) is 0 Å². The third-order valence-electron chi connectivity index (χ3n) is 1.58. The van der Waals surface area contributed by atoms with E-state index in [-0.39, 0.29) is 5.78 Å². The molecule has 1 aromatic heterocycles. The van der Waals surface area contributed by atoms with Gasteiger partial charge in [0.2, 0.25) is 0 Å². The summed E-state index contributed by atoms with van der Waals surface area (Å²) in [7, 11) is 0. The Balaban J connectivity index is 2.16. The normalized spacial score (nSPS) is 10.0. The molecular formula is C9H12BrNOS. The Morgan fingerprint density at radius 1 is 1.62 bits per heavy atom. The van der Waals surface area contributed by atoms with Gasteiger partial charge in [0.15, 0.2) is 0 Å². The fourth-order valence-corrected chi connectivity index (χ4v) is 2.27. The van der Waals surface area contributed by atoms with Gasteiger partial charge in [-0.2, -0.15) is 0 Å². The zero-order chi connectivity index (χ0) is 9.68. The number of nitrogens with one attached hydrogen (secondary N) is 1. The fraction of sp³-hybridized carbons (Fsp3) is 0.444. The Bertz CT molecular complexity index is 285. The lowest BCUT2D eigenvalue weighted by Crippen LogP contribution is -2.01. The minimum Gasteiger partial charge on any atom is -0.377 e. The van der Waals surface area contributed by atoms with Crippen LogP contribution in [0.3, 0.4) is 0 Å². The Morgan fingerprint density at radius 2 is 2.38 bits per heavy atom. The topological polar surface area (TPSA) is 29.1 Å². The summed E-state index contributed by atoms with van der Waals surface area (Å²) in [6.07, 6.45) is 1.57. The molecule has 0 saturated carbocycles. The monoisotopic (exact) mass is 261 g/mol. The first kappa shape index (κ1) is 10.7. The first-order chi connectivity index (χ1) is 6.18. The molecule has 0 aliphatic rings. The van der Waals surface area contributed by atoms with E-state index in [4.69, 9.17) is 0 Å². The second-order valence-electron chi connectivity index (χ2n) is 2.84. The van der Waals surface area contributed by atoms with Crippen molar-refractivity contribution in [1.29, 1.82) is 0 Å². The van der Waals surface area contributed by atoms with Crippen molar-refractivity contribution in [2.75, 3.05) is 11.9 Å². The maximum atomic E-state index is 10.6. The number of ketones is 1. The van der Waals surface area contributed by atoms with Crippen LogP contribution in [0.5, 0.6) is 0 Å². The quantitative estimate of drug-likeness (QED) is 0.825. The predicted molar refractivity (Wildman–Crippen MR) is 60.4 cm³/mol. The van der Waals surface area contributed by atoms with Crippen molar-refractivity contribution < 1.29 is 4.79 Å². The summed E-state index contributed by atoms with van der Waals surface area (Å²) in [6, 6.07) is 4.04. The van der Waals surface area contributed by atoms with Gasteiger partial charge in [0, 0.05) is 13.0 Å². The number of Topliss-reactive ketones (excluding diaryl/α,β-unsaturated/α-hetero) is 1. The van der Waals surface area contributed by atoms with Crippen molar-refractivity contribution in [1.82, 2.24) is 0 Å². The molecule has 0 aromatic carbocycles. The molecule has 0 spiro atoms. The number of thiophene rings is 1. The van der Waals surface area contributed by atoms with Crippen LogP contribution in [0.15, 0.2) is 15.9 Å². The Hall–Kier alpha value is -0.350. The second kappa shape index (κ2) is 5.40. The highest BCUT2D eigenvalue weighted by atomic mass is 79.9. The maximum absolute atomic E-state index is 10.6. The Morgan fingerprint density at radius 3 is 2.92 bits per heavy atom. The zero-order valence-corrected chi connectivity index (χ0v) is 9.87. The number of hydrogen-bond donors (Lipinski definition) is 1. The van der Waals surface area contributed by atoms with Crippen molar-refractivity contribution in [3.63, 3.8) is 0 Å². The van der Waals surface area contributed by atoms with E-state index in [1.165, 1.54) is 0 Å². The van der Waals surface area contributed by atoms with E-state index in [9.17, 15) is 4.79 Å². The molecular weight excluding hydrogens is 250 g/mol. The van der Waals surface area contributed by atoms with E-state index < -0.39 is 0 Å². The van der Waals surface area contributed by atoms with E-state index in [2.05, 4.69) is 21.2 Å². The molecule has 0 aliphatic carbocycles. The lowest BCUT2D eigenvalue weighted by Gasteiger charge is -2.00. The number of rotatable bonds is 5. The van der Waals surface area contributed by atoms with Crippen LogP contribution in [-0.4, -0.2) is 12.3 Å². The van der Waals surface area contributed by atoms with Crippen LogP contribution in [0.25, 0.3) is 0 Å². The molecule has 0 bridgehead atoms. The maximum Gasteiger partial charge on any atom is 0.129 e. The summed E-state index contributed by atoms with van der Waals surface area (Å²) >= 11 is 5.06. The molecule has 0 aliphatic heterocycles. The summed E-state index contributed by atoms with van der Waals surface area (Å²) in [5.74, 6) is 0.258. The molecule has 72 valence electrons. The molecule has 0 radical (unpaired) electrons. The van der Waals surface area contributed by atoms with Crippen molar-refractivity contribution in [3.05, 3.63) is 15.9 Å². The first-order valence-electron chi connectivity index (χ1n) is 4.17. The number of carbonyl (C=O) groups excluding carboxylic acids is 1. The van der Waals surface area contributed by atoms with Gasteiger partial charge < -0.3 is 10.1 Å². The van der Waals surface area contributed by atoms with Gasteiger partial charge >= 0.3 is 0 Å². The average Bonchev–Trinajstić information content (AvgIpc) is 2.45. The SMILES string of the molecule is CC(=O)CCCNc1ccc(Br)s1. The van der Waals surface area contributed by atoms with Gasteiger partial charge in [-0.25, -0.2) is 0 Å². The highest BCUT2D eigenvalue weighted by molar-refractivity contribution is 9.11. The summed E-state index contributed by atoms with van der Waals surface area (Å²) < 4.78 is 1.13. The van der Waals surface area contributed by atoms with Crippen LogP contribution in [0, 0.1) is 0 Å². The molecule has 2 nitrogen and oxygen atoms in total. The van der Waals surface area contributed by atoms with E-state index >= 15 is 0 Å². The van der Waals surface area contributed by atoms with Crippen LogP contribution >= 0.6 is 27.3 Å². The van der Waals surface area contributed by atoms with Crippen molar-refractivity contribution in [2.45, 2.75) is 19.8 Å². The number of halogens is 1. The van der Waals surface area contributed by atoms with E-state index in [1.807, 2.05) is 12.1 Å². The van der Waals surface area contributed by atoms with Crippen LogP contribution in [0.1, 0.15) is 19.8 Å². The fourth-order valence-electron chi connectivity index (χ4n) is 0.958. The molecule has 0 fully saturated rings. The smallest absolute Gasteiger partial charge is 0.129 e. The van der Waals surface area contributed by atoms with E-state index in [1.54, 1.807) is 18.3 Å². The molecule has 0 saturated heterocycles. The molecule has 1 aromatic rings. The highest BCUT2D eigenvalue weighted by Gasteiger charge is 1.96. The Kier molecular flexibility index (Phi) is 4.45. The summed E-state index contributed by atoms with van der Waals surface area (Å²) in [4.78, 5) is 10.6. The predicted octanol–water partition coefficient (Wildman–Crippen LogP) is 3.29. The van der Waals surface area contributed by atoms with Gasteiger partial charge in [0.05, 0.1) is 8.79 Å². The molecule has 0 atom stereocenters. The van der Waals surface area contributed by atoms with E-state index in [0.29, 0.717) is 6.42 Å². The van der Waals surface area contributed by atoms with Crippen molar-refractivity contribution in [3.8, 4) is 0 Å². The van der Waals surface area contributed by atoms with Gasteiger partial charge in [-0.3, -0.25) is 0 Å². The van der Waals surface area contributed by atoms with Crippen LogP contribution in [0.2, 0.25) is 0 Å². The molecule has 1 heterocycles.